The minimum Gasteiger partial charge on any atom is -0.588 e. The van der Waals surface area contributed by atoms with Gasteiger partial charge >= 0.3 is 0 Å². The molecule has 0 aliphatic rings. The van der Waals surface area contributed by atoms with Gasteiger partial charge in [0.15, 0.2) is 4.90 Å². The molecule has 1 atom stereocenters. The third kappa shape index (κ3) is 3.50. The van der Waals surface area contributed by atoms with E-state index in [1.807, 2.05) is 54.6 Å². The van der Waals surface area contributed by atoms with E-state index in [0.29, 0.717) is 6.42 Å². The van der Waals surface area contributed by atoms with Crippen LogP contribution >= 0.6 is 0 Å². The molecule has 0 saturated carbocycles. The van der Waals surface area contributed by atoms with Gasteiger partial charge in [-0.05, 0) is 36.2 Å². The second-order valence-electron chi connectivity index (χ2n) is 3.85. The zero-order valence-electron chi connectivity index (χ0n) is 9.87. The number of rotatable bonds is 5. The normalized spacial score (nSPS) is 12.1. The molecule has 0 saturated heterocycles. The van der Waals surface area contributed by atoms with Crippen LogP contribution in [0.15, 0.2) is 59.5 Å². The maximum Gasteiger partial charge on any atom is 0.179 e. The molecule has 0 aromatic heterocycles. The van der Waals surface area contributed by atoms with Gasteiger partial charge in [0.05, 0.1) is 5.69 Å². The summed E-state index contributed by atoms with van der Waals surface area (Å²) >= 11 is -1.24. The lowest BCUT2D eigenvalue weighted by atomic mass is 10.1. The fraction of sp³-hybridized carbons (Fsp3) is 0.143. The van der Waals surface area contributed by atoms with E-state index in [2.05, 4.69) is 4.72 Å². The predicted octanol–water partition coefficient (Wildman–Crippen LogP) is 2.36. The first-order valence-corrected chi connectivity index (χ1v) is 6.88. The van der Waals surface area contributed by atoms with Crippen molar-refractivity contribution in [3.05, 3.63) is 60.2 Å². The third-order valence-corrected chi connectivity index (χ3v) is 3.64. The molecule has 4 heteroatoms. The van der Waals surface area contributed by atoms with Crippen molar-refractivity contribution in [1.29, 1.82) is 0 Å². The summed E-state index contributed by atoms with van der Waals surface area (Å²) in [7, 11) is 0. The highest BCUT2D eigenvalue weighted by Gasteiger charge is 2.10. The highest BCUT2D eigenvalue weighted by molar-refractivity contribution is 7.92. The van der Waals surface area contributed by atoms with Crippen molar-refractivity contribution >= 4 is 17.0 Å². The zero-order valence-corrected chi connectivity index (χ0v) is 10.7. The van der Waals surface area contributed by atoms with Crippen LogP contribution in [0.4, 0.5) is 5.69 Å². The maximum atomic E-state index is 12.0. The van der Waals surface area contributed by atoms with Gasteiger partial charge in [-0.2, -0.15) is 0 Å². The maximum absolute atomic E-state index is 12.0. The molecule has 0 bridgehead atoms. The molecule has 0 aliphatic heterocycles. The van der Waals surface area contributed by atoms with E-state index in [-0.39, 0.29) is 6.61 Å². The summed E-state index contributed by atoms with van der Waals surface area (Å²) < 4.78 is 14.9. The van der Waals surface area contributed by atoms with Gasteiger partial charge < -0.3 is 9.66 Å². The lowest BCUT2D eigenvalue weighted by molar-refractivity contribution is 0.299. The van der Waals surface area contributed by atoms with Gasteiger partial charge in [-0.25, -0.2) is 4.72 Å². The Balaban J connectivity index is 2.01. The molecule has 2 aromatic carbocycles. The van der Waals surface area contributed by atoms with Crippen molar-refractivity contribution in [2.75, 3.05) is 11.3 Å². The van der Waals surface area contributed by atoms with Crippen molar-refractivity contribution in [2.45, 2.75) is 11.3 Å². The minimum atomic E-state index is -1.24. The summed E-state index contributed by atoms with van der Waals surface area (Å²) in [5.74, 6) is 0. The third-order valence-electron chi connectivity index (χ3n) is 2.52. The first-order valence-electron chi connectivity index (χ1n) is 5.73. The van der Waals surface area contributed by atoms with Gasteiger partial charge in [0.25, 0.3) is 0 Å². The molecule has 1 unspecified atom stereocenters. The van der Waals surface area contributed by atoms with Crippen molar-refractivity contribution in [3.63, 3.8) is 0 Å². The van der Waals surface area contributed by atoms with E-state index >= 15 is 0 Å². The summed E-state index contributed by atoms with van der Waals surface area (Å²) in [6.45, 7) is 0.142. The van der Waals surface area contributed by atoms with Gasteiger partial charge in [-0.3, -0.25) is 0 Å². The molecule has 0 fully saturated rings. The minimum absolute atomic E-state index is 0.142. The lowest BCUT2D eigenvalue weighted by Gasteiger charge is -2.11. The van der Waals surface area contributed by atoms with E-state index in [1.165, 1.54) is 0 Å². The molecule has 2 N–H and O–H groups in total. The van der Waals surface area contributed by atoms with Crippen molar-refractivity contribution in [1.82, 2.24) is 0 Å². The topological polar surface area (TPSA) is 55.3 Å². The molecular formula is C14H15NO2S. The van der Waals surface area contributed by atoms with Crippen LogP contribution < -0.4 is 4.72 Å². The Morgan fingerprint density at radius 1 is 1.00 bits per heavy atom. The Labute approximate surface area is 110 Å². The van der Waals surface area contributed by atoms with Crippen LogP contribution in [0.3, 0.4) is 0 Å². The van der Waals surface area contributed by atoms with Crippen molar-refractivity contribution in [2.24, 2.45) is 0 Å². The molecule has 0 heterocycles. The predicted molar refractivity (Wildman–Crippen MR) is 73.7 cm³/mol. The van der Waals surface area contributed by atoms with Crippen LogP contribution in [0.1, 0.15) is 5.56 Å². The van der Waals surface area contributed by atoms with E-state index < -0.39 is 11.4 Å². The molecule has 2 aromatic rings. The summed E-state index contributed by atoms with van der Waals surface area (Å²) in [4.78, 5) is 0.747. The fourth-order valence-corrected chi connectivity index (χ4v) is 2.45. The standard InChI is InChI=1S/C14H15NO2S/c16-11-10-12-6-8-13(9-7-12)15-18(17)14-4-2-1-3-5-14/h1-9,15-16H,10-11H2. The Kier molecular flexibility index (Phi) is 4.64. The first kappa shape index (κ1) is 13.0. The Morgan fingerprint density at radius 2 is 1.67 bits per heavy atom. The molecule has 0 amide bonds. The number of hydrogen-bond acceptors (Lipinski definition) is 3. The van der Waals surface area contributed by atoms with Gasteiger partial charge in [0.2, 0.25) is 0 Å². The molecule has 2 rings (SSSR count). The largest absolute Gasteiger partial charge is 0.588 e. The number of benzene rings is 2. The average molecular weight is 261 g/mol. The Hall–Kier alpha value is -1.49. The van der Waals surface area contributed by atoms with Gasteiger partial charge in [-0.1, -0.05) is 30.3 Å². The highest BCUT2D eigenvalue weighted by atomic mass is 32.2. The average Bonchev–Trinajstić information content (AvgIpc) is 2.42. The SMILES string of the molecule is [O-][S+](Nc1ccc(CCO)cc1)c1ccccc1. The molecule has 94 valence electrons. The number of nitrogens with one attached hydrogen (secondary N) is 1. The number of hydrogen-bond donors (Lipinski definition) is 2. The molecule has 0 radical (unpaired) electrons. The summed E-state index contributed by atoms with van der Waals surface area (Å²) in [6.07, 6.45) is 0.641. The lowest BCUT2D eigenvalue weighted by Crippen LogP contribution is -2.12. The number of aliphatic hydroxyl groups excluding tert-OH is 1. The van der Waals surface area contributed by atoms with Gasteiger partial charge in [0.1, 0.15) is 11.4 Å². The number of anilines is 1. The molecule has 0 aliphatic carbocycles. The zero-order chi connectivity index (χ0) is 12.8. The van der Waals surface area contributed by atoms with Crippen LogP contribution in [-0.2, 0) is 17.8 Å². The van der Waals surface area contributed by atoms with Gasteiger partial charge in [-0.15, -0.1) is 0 Å². The van der Waals surface area contributed by atoms with Crippen LogP contribution in [-0.4, -0.2) is 16.3 Å². The quantitative estimate of drug-likeness (QED) is 0.812. The second kappa shape index (κ2) is 6.44. The van der Waals surface area contributed by atoms with Crippen molar-refractivity contribution < 1.29 is 9.66 Å². The van der Waals surface area contributed by atoms with Crippen LogP contribution in [0.5, 0.6) is 0 Å². The first-order chi connectivity index (χ1) is 8.79. The summed E-state index contributed by atoms with van der Waals surface area (Å²) in [5.41, 5.74) is 1.87. The second-order valence-corrected chi connectivity index (χ2v) is 5.07. The number of aliphatic hydroxyl groups is 1. The van der Waals surface area contributed by atoms with Gasteiger partial charge in [0, 0.05) is 6.61 Å². The van der Waals surface area contributed by atoms with Crippen LogP contribution in [0.25, 0.3) is 0 Å². The fourth-order valence-electron chi connectivity index (χ4n) is 1.58. The van der Waals surface area contributed by atoms with Crippen LogP contribution in [0, 0.1) is 0 Å². The molecule has 3 nitrogen and oxygen atoms in total. The molecule has 0 spiro atoms. The van der Waals surface area contributed by atoms with E-state index in [1.54, 1.807) is 0 Å². The van der Waals surface area contributed by atoms with E-state index in [9.17, 15) is 4.55 Å². The Bertz CT molecular complexity index is 473. The van der Waals surface area contributed by atoms with E-state index in [4.69, 9.17) is 5.11 Å². The highest BCUT2D eigenvalue weighted by Crippen LogP contribution is 2.16. The van der Waals surface area contributed by atoms with Crippen LogP contribution in [0.2, 0.25) is 0 Å². The summed E-state index contributed by atoms with van der Waals surface area (Å²) in [6, 6.07) is 16.8. The Morgan fingerprint density at radius 3 is 2.28 bits per heavy atom. The van der Waals surface area contributed by atoms with E-state index in [0.717, 1.165) is 16.1 Å². The molecule has 18 heavy (non-hydrogen) atoms. The molecular weight excluding hydrogens is 246 g/mol. The smallest absolute Gasteiger partial charge is 0.179 e. The monoisotopic (exact) mass is 261 g/mol. The summed E-state index contributed by atoms with van der Waals surface area (Å²) in [5, 5.41) is 8.82. The van der Waals surface area contributed by atoms with Crippen molar-refractivity contribution in [3.8, 4) is 0 Å².